The molecule has 2 aliphatic carbocycles. The molecule has 2 aliphatic rings. The van der Waals surface area contributed by atoms with E-state index >= 15 is 0 Å². The van der Waals surface area contributed by atoms with Crippen LogP contribution in [-0.4, -0.2) is 6.10 Å². The topological polar surface area (TPSA) is 35.2 Å². The van der Waals surface area contributed by atoms with Gasteiger partial charge in [0.25, 0.3) is 0 Å². The van der Waals surface area contributed by atoms with Gasteiger partial charge in [-0.2, -0.15) is 0 Å². The minimum atomic E-state index is 0.201. The zero-order valence-electron chi connectivity index (χ0n) is 12.8. The molecule has 4 unspecified atom stereocenters. The third-order valence-electron chi connectivity index (χ3n) is 5.33. The highest BCUT2D eigenvalue weighted by molar-refractivity contribution is 5.39. The number of ether oxygens (including phenoxy) is 1. The summed E-state index contributed by atoms with van der Waals surface area (Å²) >= 11 is 0. The van der Waals surface area contributed by atoms with Crippen LogP contribution in [0.3, 0.4) is 0 Å². The normalized spacial score (nSPS) is 33.5. The van der Waals surface area contributed by atoms with Crippen molar-refractivity contribution in [3.8, 4) is 5.75 Å². The number of rotatable bonds is 2. The summed E-state index contributed by atoms with van der Waals surface area (Å²) in [6.45, 7) is 4.71. The summed E-state index contributed by atoms with van der Waals surface area (Å²) in [6, 6.07) is 6.76. The average Bonchev–Trinajstić information content (AvgIpc) is 2.44. The van der Waals surface area contributed by atoms with Crippen molar-refractivity contribution in [2.24, 2.45) is 17.6 Å². The maximum atomic E-state index is 6.23. The molecule has 2 heteroatoms. The van der Waals surface area contributed by atoms with Crippen molar-refractivity contribution in [3.63, 3.8) is 0 Å². The highest BCUT2D eigenvalue weighted by Crippen LogP contribution is 2.34. The van der Waals surface area contributed by atoms with E-state index in [0.717, 1.165) is 24.0 Å². The maximum absolute atomic E-state index is 6.23. The predicted molar refractivity (Wildman–Crippen MR) is 82.9 cm³/mol. The summed E-state index contributed by atoms with van der Waals surface area (Å²) in [6.07, 6.45) is 7.54. The largest absolute Gasteiger partial charge is 0.490 e. The van der Waals surface area contributed by atoms with Crippen molar-refractivity contribution < 1.29 is 4.74 Å². The second kappa shape index (κ2) is 5.77. The first-order chi connectivity index (χ1) is 9.63. The first-order valence-corrected chi connectivity index (χ1v) is 8.18. The van der Waals surface area contributed by atoms with Crippen molar-refractivity contribution in [2.75, 3.05) is 0 Å². The molecular formula is C18H27NO. The Hall–Kier alpha value is -1.02. The quantitative estimate of drug-likeness (QED) is 0.875. The molecule has 110 valence electrons. The number of hydrogen-bond donors (Lipinski definition) is 1. The van der Waals surface area contributed by atoms with Gasteiger partial charge in [0.2, 0.25) is 0 Å². The van der Waals surface area contributed by atoms with Crippen LogP contribution in [0.4, 0.5) is 0 Å². The lowest BCUT2D eigenvalue weighted by molar-refractivity contribution is 0.100. The third-order valence-corrected chi connectivity index (χ3v) is 5.33. The van der Waals surface area contributed by atoms with Crippen LogP contribution in [0, 0.1) is 11.8 Å². The van der Waals surface area contributed by atoms with Crippen LogP contribution >= 0.6 is 0 Å². The van der Waals surface area contributed by atoms with E-state index in [1.807, 2.05) is 0 Å². The molecule has 0 radical (unpaired) electrons. The molecule has 0 spiro atoms. The Bertz CT molecular complexity index is 470. The summed E-state index contributed by atoms with van der Waals surface area (Å²) in [5.74, 6) is 2.63. The molecule has 0 aromatic heterocycles. The summed E-state index contributed by atoms with van der Waals surface area (Å²) < 4.78 is 6.23. The van der Waals surface area contributed by atoms with E-state index in [2.05, 4.69) is 32.0 Å². The predicted octanol–water partition coefficient (Wildman–Crippen LogP) is 4.23. The van der Waals surface area contributed by atoms with Crippen LogP contribution in [0.2, 0.25) is 0 Å². The molecule has 1 fully saturated rings. The van der Waals surface area contributed by atoms with Crippen LogP contribution < -0.4 is 10.5 Å². The lowest BCUT2D eigenvalue weighted by Gasteiger charge is -2.32. The van der Waals surface area contributed by atoms with Gasteiger partial charge in [-0.1, -0.05) is 19.9 Å². The fraction of sp³-hybridized carbons (Fsp3) is 0.667. The number of aryl methyl sites for hydroxylation is 1. The van der Waals surface area contributed by atoms with E-state index in [1.54, 1.807) is 0 Å². The second-order valence-corrected chi connectivity index (χ2v) is 6.87. The van der Waals surface area contributed by atoms with Gasteiger partial charge in [-0.3, -0.25) is 0 Å². The molecule has 1 saturated carbocycles. The molecule has 4 atom stereocenters. The first kappa shape index (κ1) is 13.9. The van der Waals surface area contributed by atoms with Crippen LogP contribution in [-0.2, 0) is 6.42 Å². The van der Waals surface area contributed by atoms with E-state index < -0.39 is 0 Å². The van der Waals surface area contributed by atoms with Crippen LogP contribution in [0.5, 0.6) is 5.75 Å². The number of benzene rings is 1. The Morgan fingerprint density at radius 3 is 2.75 bits per heavy atom. The van der Waals surface area contributed by atoms with E-state index in [4.69, 9.17) is 10.5 Å². The van der Waals surface area contributed by atoms with E-state index in [0.29, 0.717) is 6.10 Å². The Balaban J connectivity index is 1.70. The van der Waals surface area contributed by atoms with Crippen molar-refractivity contribution >= 4 is 0 Å². The van der Waals surface area contributed by atoms with Gasteiger partial charge in [0, 0.05) is 6.04 Å². The summed E-state index contributed by atoms with van der Waals surface area (Å²) in [5, 5.41) is 0. The van der Waals surface area contributed by atoms with E-state index in [-0.39, 0.29) is 6.04 Å². The van der Waals surface area contributed by atoms with Crippen molar-refractivity contribution in [1.82, 2.24) is 0 Å². The molecule has 2 N–H and O–H groups in total. The lowest BCUT2D eigenvalue weighted by Crippen LogP contribution is -2.29. The van der Waals surface area contributed by atoms with Gasteiger partial charge in [-0.05, 0) is 73.6 Å². The fourth-order valence-corrected chi connectivity index (χ4v) is 3.68. The molecule has 1 aromatic rings. The molecule has 1 aromatic carbocycles. The molecule has 0 aliphatic heterocycles. The van der Waals surface area contributed by atoms with E-state index in [9.17, 15) is 0 Å². The molecule has 3 rings (SSSR count). The highest BCUT2D eigenvalue weighted by atomic mass is 16.5. The molecule has 0 bridgehead atoms. The zero-order chi connectivity index (χ0) is 14.1. The first-order valence-electron chi connectivity index (χ1n) is 8.18. The standard InChI is InChI=1S/C18H27NO/c1-12-6-8-15(10-13(12)2)20-16-9-7-14-4-3-5-18(19)17(14)11-16/h7,9,11-13,15,18H,3-6,8,10,19H2,1-2H3. The SMILES string of the molecule is CC1CCC(Oc2ccc3c(c2)C(N)CCC3)CC1C. The maximum Gasteiger partial charge on any atom is 0.120 e. The third kappa shape index (κ3) is 2.85. The molecule has 0 saturated heterocycles. The highest BCUT2D eigenvalue weighted by Gasteiger charge is 2.26. The summed E-state index contributed by atoms with van der Waals surface area (Å²) in [7, 11) is 0. The van der Waals surface area contributed by atoms with Crippen LogP contribution in [0.25, 0.3) is 0 Å². The number of fused-ring (bicyclic) bond motifs is 1. The Morgan fingerprint density at radius 1 is 1.10 bits per heavy atom. The Kier molecular flexibility index (Phi) is 4.02. The smallest absolute Gasteiger partial charge is 0.120 e. The molecular weight excluding hydrogens is 246 g/mol. The van der Waals surface area contributed by atoms with Gasteiger partial charge in [-0.25, -0.2) is 0 Å². The van der Waals surface area contributed by atoms with Gasteiger partial charge in [0.05, 0.1) is 6.10 Å². The average molecular weight is 273 g/mol. The van der Waals surface area contributed by atoms with Gasteiger partial charge in [-0.15, -0.1) is 0 Å². The zero-order valence-corrected chi connectivity index (χ0v) is 12.8. The van der Waals surface area contributed by atoms with Crippen molar-refractivity contribution in [3.05, 3.63) is 29.3 Å². The molecule has 0 amide bonds. The van der Waals surface area contributed by atoms with Crippen molar-refractivity contribution in [1.29, 1.82) is 0 Å². The van der Waals surface area contributed by atoms with Gasteiger partial charge >= 0.3 is 0 Å². The lowest BCUT2D eigenvalue weighted by atomic mass is 9.80. The fourth-order valence-electron chi connectivity index (χ4n) is 3.68. The number of nitrogens with two attached hydrogens (primary N) is 1. The molecule has 2 nitrogen and oxygen atoms in total. The van der Waals surface area contributed by atoms with Crippen LogP contribution in [0.1, 0.15) is 63.1 Å². The summed E-state index contributed by atoms with van der Waals surface area (Å²) in [5.41, 5.74) is 8.96. The van der Waals surface area contributed by atoms with Crippen LogP contribution in [0.15, 0.2) is 18.2 Å². The summed E-state index contributed by atoms with van der Waals surface area (Å²) in [4.78, 5) is 0. The number of hydrogen-bond acceptors (Lipinski definition) is 2. The minimum Gasteiger partial charge on any atom is -0.490 e. The minimum absolute atomic E-state index is 0.201. The molecule has 20 heavy (non-hydrogen) atoms. The Morgan fingerprint density at radius 2 is 1.95 bits per heavy atom. The second-order valence-electron chi connectivity index (χ2n) is 6.87. The van der Waals surface area contributed by atoms with Gasteiger partial charge in [0.15, 0.2) is 0 Å². The van der Waals surface area contributed by atoms with Gasteiger partial charge < -0.3 is 10.5 Å². The Labute approximate surface area is 122 Å². The van der Waals surface area contributed by atoms with Crippen molar-refractivity contribution in [2.45, 2.75) is 64.5 Å². The van der Waals surface area contributed by atoms with Gasteiger partial charge in [0.1, 0.15) is 5.75 Å². The van der Waals surface area contributed by atoms with E-state index in [1.165, 1.54) is 43.2 Å². The molecule has 0 heterocycles. The monoisotopic (exact) mass is 273 g/mol.